The minimum atomic E-state index is 0.667. The van der Waals surface area contributed by atoms with E-state index >= 15 is 0 Å². The Hall–Kier alpha value is -2.33. The molecule has 4 nitrogen and oxygen atoms in total. The lowest BCUT2D eigenvalue weighted by atomic mass is 10.2. The molecule has 0 saturated heterocycles. The summed E-state index contributed by atoms with van der Waals surface area (Å²) in [4.78, 5) is 13.5. The summed E-state index contributed by atoms with van der Waals surface area (Å²) in [6, 6.07) is 12.1. The predicted octanol–water partition coefficient (Wildman–Crippen LogP) is 3.19. The maximum Gasteiger partial charge on any atom is 0.178 e. The van der Waals surface area contributed by atoms with Gasteiger partial charge in [0.1, 0.15) is 5.69 Å². The topological polar surface area (TPSA) is 50.7 Å². The Morgan fingerprint density at radius 2 is 1.81 bits per heavy atom. The van der Waals surface area contributed by atoms with Crippen LogP contribution in [0.5, 0.6) is 0 Å². The van der Waals surface area contributed by atoms with Gasteiger partial charge in [0, 0.05) is 29.9 Å². The molecule has 0 saturated carbocycles. The monoisotopic (exact) mass is 278 g/mol. The Labute approximate surface area is 124 Å². The molecule has 4 heteroatoms. The summed E-state index contributed by atoms with van der Waals surface area (Å²) in [7, 11) is 0. The van der Waals surface area contributed by atoms with E-state index < -0.39 is 0 Å². The van der Waals surface area contributed by atoms with Gasteiger partial charge in [-0.1, -0.05) is 31.2 Å². The molecule has 0 spiro atoms. The molecule has 2 aromatic heterocycles. The van der Waals surface area contributed by atoms with E-state index in [4.69, 9.17) is 0 Å². The van der Waals surface area contributed by atoms with Gasteiger partial charge in [0.25, 0.3) is 0 Å². The van der Waals surface area contributed by atoms with Gasteiger partial charge in [-0.05, 0) is 25.1 Å². The van der Waals surface area contributed by atoms with Crippen LogP contribution in [-0.2, 0) is 6.54 Å². The second kappa shape index (κ2) is 6.41. The highest BCUT2D eigenvalue weighted by molar-refractivity contribution is 5.80. The molecule has 0 bridgehead atoms. The number of hydrogen-bond acceptors (Lipinski definition) is 4. The molecule has 0 amide bonds. The maximum absolute atomic E-state index is 4.61. The number of nitrogens with zero attached hydrogens (tertiary/aromatic N) is 3. The Kier molecular flexibility index (Phi) is 4.17. The highest BCUT2D eigenvalue weighted by Crippen LogP contribution is 2.17. The summed E-state index contributed by atoms with van der Waals surface area (Å²) in [5.74, 6) is 0.667. The SMILES string of the molecule is CCCNCc1cnc(-c2ccc3ccccc3n2)nc1. The van der Waals surface area contributed by atoms with E-state index in [2.05, 4.69) is 39.3 Å². The molecule has 0 fully saturated rings. The average Bonchev–Trinajstić information content (AvgIpc) is 2.55. The molecule has 0 atom stereocenters. The Bertz CT molecular complexity index is 722. The standard InChI is InChI=1S/C17H18N4/c1-2-9-18-10-13-11-19-17(20-12-13)16-8-7-14-5-3-4-6-15(14)21-16/h3-8,11-12,18H,2,9-10H2,1H3. The van der Waals surface area contributed by atoms with E-state index in [-0.39, 0.29) is 0 Å². The van der Waals surface area contributed by atoms with E-state index in [0.717, 1.165) is 41.7 Å². The van der Waals surface area contributed by atoms with Crippen LogP contribution in [0.1, 0.15) is 18.9 Å². The zero-order chi connectivity index (χ0) is 14.5. The molecular formula is C17H18N4. The van der Waals surface area contributed by atoms with Crippen LogP contribution in [0.4, 0.5) is 0 Å². The number of benzene rings is 1. The van der Waals surface area contributed by atoms with Crippen molar-refractivity contribution in [3.8, 4) is 11.5 Å². The lowest BCUT2D eigenvalue weighted by molar-refractivity contribution is 0.672. The van der Waals surface area contributed by atoms with Crippen LogP contribution in [0, 0.1) is 0 Å². The van der Waals surface area contributed by atoms with Gasteiger partial charge < -0.3 is 5.32 Å². The third kappa shape index (κ3) is 3.23. The van der Waals surface area contributed by atoms with Gasteiger partial charge in [0.15, 0.2) is 5.82 Å². The summed E-state index contributed by atoms with van der Waals surface area (Å²) in [6.07, 6.45) is 4.85. The van der Waals surface area contributed by atoms with Crippen molar-refractivity contribution < 1.29 is 0 Å². The second-order valence-corrected chi connectivity index (χ2v) is 4.98. The molecule has 3 rings (SSSR count). The zero-order valence-corrected chi connectivity index (χ0v) is 12.1. The summed E-state index contributed by atoms with van der Waals surface area (Å²) in [6.45, 7) is 3.96. The fourth-order valence-corrected chi connectivity index (χ4v) is 2.18. The molecule has 0 aliphatic carbocycles. The van der Waals surface area contributed by atoms with Crippen molar-refractivity contribution in [2.24, 2.45) is 0 Å². The lowest BCUT2D eigenvalue weighted by Crippen LogP contribution is -2.14. The average molecular weight is 278 g/mol. The van der Waals surface area contributed by atoms with E-state index in [1.165, 1.54) is 0 Å². The van der Waals surface area contributed by atoms with Gasteiger partial charge in [-0.25, -0.2) is 15.0 Å². The maximum atomic E-state index is 4.61. The normalized spacial score (nSPS) is 10.9. The van der Waals surface area contributed by atoms with Crippen molar-refractivity contribution in [1.29, 1.82) is 0 Å². The summed E-state index contributed by atoms with van der Waals surface area (Å²) >= 11 is 0. The van der Waals surface area contributed by atoms with Crippen LogP contribution >= 0.6 is 0 Å². The van der Waals surface area contributed by atoms with Crippen LogP contribution < -0.4 is 5.32 Å². The van der Waals surface area contributed by atoms with Crippen molar-refractivity contribution >= 4 is 10.9 Å². The largest absolute Gasteiger partial charge is 0.313 e. The first-order chi connectivity index (χ1) is 10.4. The Morgan fingerprint density at radius 3 is 2.62 bits per heavy atom. The predicted molar refractivity (Wildman–Crippen MR) is 84.8 cm³/mol. The highest BCUT2D eigenvalue weighted by atomic mass is 14.9. The van der Waals surface area contributed by atoms with Crippen LogP contribution in [0.2, 0.25) is 0 Å². The Balaban J connectivity index is 1.81. The van der Waals surface area contributed by atoms with E-state index in [9.17, 15) is 0 Å². The van der Waals surface area contributed by atoms with Gasteiger partial charge >= 0.3 is 0 Å². The van der Waals surface area contributed by atoms with Gasteiger partial charge in [-0.15, -0.1) is 0 Å². The molecule has 21 heavy (non-hydrogen) atoms. The number of nitrogens with one attached hydrogen (secondary N) is 1. The fourth-order valence-electron chi connectivity index (χ4n) is 2.18. The Morgan fingerprint density at radius 1 is 1.00 bits per heavy atom. The number of fused-ring (bicyclic) bond motifs is 1. The molecular weight excluding hydrogens is 260 g/mol. The highest BCUT2D eigenvalue weighted by Gasteiger charge is 2.04. The molecule has 0 aliphatic rings. The first-order valence-electron chi connectivity index (χ1n) is 7.24. The van der Waals surface area contributed by atoms with Crippen molar-refractivity contribution in [2.75, 3.05) is 6.54 Å². The van der Waals surface area contributed by atoms with Crippen LogP contribution in [0.25, 0.3) is 22.4 Å². The summed E-state index contributed by atoms with van der Waals surface area (Å²) < 4.78 is 0. The summed E-state index contributed by atoms with van der Waals surface area (Å²) in [5, 5.41) is 4.47. The molecule has 3 aromatic rings. The second-order valence-electron chi connectivity index (χ2n) is 4.98. The molecule has 106 valence electrons. The summed E-state index contributed by atoms with van der Waals surface area (Å²) in [5.41, 5.74) is 2.86. The fraction of sp³-hybridized carbons (Fsp3) is 0.235. The van der Waals surface area contributed by atoms with Gasteiger partial charge in [0.2, 0.25) is 0 Å². The number of rotatable bonds is 5. The van der Waals surface area contributed by atoms with Crippen molar-refractivity contribution in [3.05, 3.63) is 54.4 Å². The molecule has 1 aromatic carbocycles. The zero-order valence-electron chi connectivity index (χ0n) is 12.1. The van der Waals surface area contributed by atoms with Crippen LogP contribution in [0.3, 0.4) is 0 Å². The van der Waals surface area contributed by atoms with Gasteiger partial charge in [-0.3, -0.25) is 0 Å². The molecule has 0 aliphatic heterocycles. The number of hydrogen-bond donors (Lipinski definition) is 1. The molecule has 2 heterocycles. The van der Waals surface area contributed by atoms with Gasteiger partial charge in [0.05, 0.1) is 5.52 Å². The number of aromatic nitrogens is 3. The first kappa shape index (κ1) is 13.6. The third-order valence-corrected chi connectivity index (χ3v) is 3.29. The minimum Gasteiger partial charge on any atom is -0.313 e. The smallest absolute Gasteiger partial charge is 0.178 e. The van der Waals surface area contributed by atoms with E-state index in [1.54, 1.807) is 0 Å². The van der Waals surface area contributed by atoms with Crippen molar-refractivity contribution in [1.82, 2.24) is 20.3 Å². The quantitative estimate of drug-likeness (QED) is 0.728. The molecule has 0 unspecified atom stereocenters. The van der Waals surface area contributed by atoms with E-state index in [1.807, 2.05) is 36.7 Å². The van der Waals surface area contributed by atoms with Gasteiger partial charge in [-0.2, -0.15) is 0 Å². The number of para-hydroxylation sites is 1. The molecule has 0 radical (unpaired) electrons. The lowest BCUT2D eigenvalue weighted by Gasteiger charge is -2.04. The van der Waals surface area contributed by atoms with Crippen LogP contribution in [-0.4, -0.2) is 21.5 Å². The number of pyridine rings is 1. The van der Waals surface area contributed by atoms with Crippen LogP contribution in [0.15, 0.2) is 48.8 Å². The minimum absolute atomic E-state index is 0.667. The first-order valence-corrected chi connectivity index (χ1v) is 7.24. The van der Waals surface area contributed by atoms with E-state index in [0.29, 0.717) is 5.82 Å². The molecule has 1 N–H and O–H groups in total. The third-order valence-electron chi connectivity index (χ3n) is 3.29. The van der Waals surface area contributed by atoms with Crippen molar-refractivity contribution in [3.63, 3.8) is 0 Å². The van der Waals surface area contributed by atoms with Crippen molar-refractivity contribution in [2.45, 2.75) is 19.9 Å².